The van der Waals surface area contributed by atoms with Crippen LogP contribution in [-0.4, -0.2) is 36.3 Å². The van der Waals surface area contributed by atoms with E-state index in [2.05, 4.69) is 20.3 Å². The van der Waals surface area contributed by atoms with Crippen molar-refractivity contribution in [3.63, 3.8) is 0 Å². The van der Waals surface area contributed by atoms with Crippen LogP contribution >= 0.6 is 0 Å². The fourth-order valence-corrected chi connectivity index (χ4v) is 3.37. The third-order valence-electron chi connectivity index (χ3n) is 4.89. The average Bonchev–Trinajstić information content (AvgIpc) is 3.54. The van der Waals surface area contributed by atoms with Crippen molar-refractivity contribution in [1.82, 2.24) is 29.5 Å². The number of hydrogen-bond acceptors (Lipinski definition) is 8. The quantitative estimate of drug-likeness (QED) is 0.441. The highest BCUT2D eigenvalue weighted by atomic mass is 16.7. The topological polar surface area (TPSA) is 110 Å². The summed E-state index contributed by atoms with van der Waals surface area (Å²) in [6, 6.07) is 18.6. The first-order valence-corrected chi connectivity index (χ1v) is 9.49. The van der Waals surface area contributed by atoms with Gasteiger partial charge >= 0.3 is 5.69 Å². The summed E-state index contributed by atoms with van der Waals surface area (Å²) in [6.45, 7) is 0.216. The smallest absolute Gasteiger partial charge is 0.367 e. The molecule has 0 atom stereocenters. The van der Waals surface area contributed by atoms with Crippen LogP contribution in [0.3, 0.4) is 0 Å². The second-order valence-corrected chi connectivity index (χ2v) is 6.87. The zero-order valence-electron chi connectivity index (χ0n) is 16.0. The van der Waals surface area contributed by atoms with Gasteiger partial charge in [0.05, 0.1) is 5.69 Å². The van der Waals surface area contributed by atoms with E-state index in [1.807, 2.05) is 42.5 Å². The molecular weight excluding hydrogens is 400 g/mol. The molecule has 1 aliphatic heterocycles. The van der Waals surface area contributed by atoms with E-state index in [1.165, 1.54) is 9.20 Å². The van der Waals surface area contributed by atoms with Crippen molar-refractivity contribution in [3.8, 4) is 34.1 Å². The Hall–Kier alpha value is -4.47. The highest BCUT2D eigenvalue weighted by Crippen LogP contribution is 2.35. The Morgan fingerprint density at radius 2 is 1.77 bits per heavy atom. The predicted octanol–water partition coefficient (Wildman–Crippen LogP) is 2.38. The lowest BCUT2D eigenvalue weighted by Gasteiger charge is -1.99. The number of rotatable bonds is 4. The zero-order valence-corrected chi connectivity index (χ0v) is 16.0. The van der Waals surface area contributed by atoms with Gasteiger partial charge in [-0.1, -0.05) is 35.5 Å². The summed E-state index contributed by atoms with van der Waals surface area (Å²) in [6.07, 6.45) is 0. The first-order valence-electron chi connectivity index (χ1n) is 9.49. The number of aromatic nitrogens is 6. The second kappa shape index (κ2) is 6.80. The van der Waals surface area contributed by atoms with Gasteiger partial charge in [0.25, 0.3) is 0 Å². The van der Waals surface area contributed by atoms with Crippen LogP contribution in [0, 0.1) is 0 Å². The minimum atomic E-state index is -0.393. The lowest BCUT2D eigenvalue weighted by molar-refractivity contribution is 0.174. The molecule has 4 heterocycles. The number of ether oxygens (including phenoxy) is 2. The van der Waals surface area contributed by atoms with Crippen LogP contribution < -0.4 is 15.2 Å². The van der Waals surface area contributed by atoms with Gasteiger partial charge in [-0.05, 0) is 30.3 Å². The zero-order chi connectivity index (χ0) is 20.8. The standard InChI is InChI=1S/C21H14N6O4/c28-21-26(24-18-9-7-15(23-27(18)21)13-4-2-1-3-5-13)11-19-22-20(25-31-19)14-6-8-16-17(10-14)30-12-29-16/h1-10H,11-12H2. The molecular formula is C21H14N6O4. The molecule has 0 radical (unpaired) electrons. The van der Waals surface area contributed by atoms with E-state index in [0.29, 0.717) is 28.7 Å². The first-order chi connectivity index (χ1) is 15.2. The molecule has 152 valence electrons. The summed E-state index contributed by atoms with van der Waals surface area (Å²) in [5.74, 6) is 1.93. The fraction of sp³-hybridized carbons (Fsp3) is 0.0952. The molecule has 0 unspecified atom stereocenters. The van der Waals surface area contributed by atoms with Crippen LogP contribution in [0.4, 0.5) is 0 Å². The van der Waals surface area contributed by atoms with Crippen molar-refractivity contribution in [2.24, 2.45) is 0 Å². The molecule has 0 bridgehead atoms. The van der Waals surface area contributed by atoms with Crippen LogP contribution in [-0.2, 0) is 6.54 Å². The Bertz CT molecular complexity index is 1470. The second-order valence-electron chi connectivity index (χ2n) is 6.87. The van der Waals surface area contributed by atoms with Gasteiger partial charge in [-0.2, -0.15) is 14.6 Å². The molecule has 31 heavy (non-hydrogen) atoms. The Morgan fingerprint density at radius 1 is 0.903 bits per heavy atom. The van der Waals surface area contributed by atoms with Gasteiger partial charge in [-0.15, -0.1) is 5.10 Å². The molecule has 0 saturated heterocycles. The lowest BCUT2D eigenvalue weighted by Crippen LogP contribution is -2.23. The molecule has 0 aliphatic carbocycles. The van der Waals surface area contributed by atoms with E-state index in [4.69, 9.17) is 14.0 Å². The van der Waals surface area contributed by atoms with Gasteiger partial charge in [0.1, 0.15) is 6.54 Å². The van der Waals surface area contributed by atoms with E-state index in [-0.39, 0.29) is 19.2 Å². The lowest BCUT2D eigenvalue weighted by atomic mass is 10.1. The molecule has 0 amide bonds. The molecule has 2 aromatic carbocycles. The Labute approximate surface area is 174 Å². The van der Waals surface area contributed by atoms with Gasteiger partial charge in [0, 0.05) is 11.1 Å². The average molecular weight is 414 g/mol. The van der Waals surface area contributed by atoms with Crippen LogP contribution in [0.15, 0.2) is 70.0 Å². The maximum atomic E-state index is 12.8. The molecule has 5 aromatic rings. The van der Waals surface area contributed by atoms with Gasteiger partial charge < -0.3 is 14.0 Å². The molecule has 0 saturated carbocycles. The summed E-state index contributed by atoms with van der Waals surface area (Å²) >= 11 is 0. The molecule has 3 aromatic heterocycles. The number of fused-ring (bicyclic) bond motifs is 2. The summed E-state index contributed by atoms with van der Waals surface area (Å²) in [5, 5.41) is 12.7. The molecule has 10 nitrogen and oxygen atoms in total. The first kappa shape index (κ1) is 17.4. The van der Waals surface area contributed by atoms with E-state index in [0.717, 1.165) is 11.1 Å². The number of benzene rings is 2. The van der Waals surface area contributed by atoms with Gasteiger partial charge in [0.15, 0.2) is 17.1 Å². The van der Waals surface area contributed by atoms with Gasteiger partial charge in [-0.3, -0.25) is 0 Å². The molecule has 10 heteroatoms. The third kappa shape index (κ3) is 3.01. The molecule has 6 rings (SSSR count). The molecule has 0 fully saturated rings. The van der Waals surface area contributed by atoms with Crippen molar-refractivity contribution in [2.45, 2.75) is 6.54 Å². The summed E-state index contributed by atoms with van der Waals surface area (Å²) in [4.78, 5) is 17.2. The van der Waals surface area contributed by atoms with Crippen LogP contribution in [0.1, 0.15) is 5.89 Å². The SMILES string of the molecule is O=c1n(Cc2nc(-c3ccc4c(c3)OCO4)no2)nc2ccc(-c3ccccc3)nn12. The van der Waals surface area contributed by atoms with Crippen molar-refractivity contribution < 1.29 is 14.0 Å². The Morgan fingerprint density at radius 3 is 2.68 bits per heavy atom. The van der Waals surface area contributed by atoms with Crippen molar-refractivity contribution in [2.75, 3.05) is 6.79 Å². The van der Waals surface area contributed by atoms with Gasteiger partial charge in [-0.25, -0.2) is 9.48 Å². The monoisotopic (exact) mass is 414 g/mol. The maximum absolute atomic E-state index is 12.8. The summed E-state index contributed by atoms with van der Waals surface area (Å²) in [5.41, 5.74) is 2.35. The third-order valence-corrected chi connectivity index (χ3v) is 4.89. The van der Waals surface area contributed by atoms with Crippen LogP contribution in [0.25, 0.3) is 28.3 Å². The fourth-order valence-electron chi connectivity index (χ4n) is 3.37. The predicted molar refractivity (Wildman–Crippen MR) is 108 cm³/mol. The van der Waals surface area contributed by atoms with Crippen molar-refractivity contribution in [1.29, 1.82) is 0 Å². The van der Waals surface area contributed by atoms with Crippen molar-refractivity contribution >= 4 is 5.65 Å². The maximum Gasteiger partial charge on any atom is 0.367 e. The highest BCUT2D eigenvalue weighted by molar-refractivity contribution is 5.61. The minimum absolute atomic E-state index is 0.0282. The Kier molecular flexibility index (Phi) is 3.82. The normalized spacial score (nSPS) is 12.5. The Balaban J connectivity index is 1.30. The van der Waals surface area contributed by atoms with E-state index < -0.39 is 5.69 Å². The molecule has 0 N–H and O–H groups in total. The summed E-state index contributed by atoms with van der Waals surface area (Å²) < 4.78 is 18.5. The number of hydrogen-bond donors (Lipinski definition) is 0. The highest BCUT2D eigenvalue weighted by Gasteiger charge is 2.18. The van der Waals surface area contributed by atoms with Crippen LogP contribution in [0.2, 0.25) is 0 Å². The largest absolute Gasteiger partial charge is 0.454 e. The number of nitrogens with zero attached hydrogens (tertiary/aromatic N) is 6. The minimum Gasteiger partial charge on any atom is -0.454 e. The van der Waals surface area contributed by atoms with Gasteiger partial charge in [0.2, 0.25) is 18.5 Å². The van der Waals surface area contributed by atoms with Crippen LogP contribution in [0.5, 0.6) is 11.5 Å². The summed E-state index contributed by atoms with van der Waals surface area (Å²) in [7, 11) is 0. The molecule has 1 aliphatic rings. The van der Waals surface area contributed by atoms with E-state index in [1.54, 1.807) is 18.2 Å². The van der Waals surface area contributed by atoms with Crippen molar-refractivity contribution in [3.05, 3.63) is 77.0 Å². The molecule has 0 spiro atoms. The van der Waals surface area contributed by atoms with E-state index >= 15 is 0 Å². The van der Waals surface area contributed by atoms with E-state index in [9.17, 15) is 4.79 Å².